The van der Waals surface area contributed by atoms with Crippen LogP contribution >= 0.6 is 0 Å². The van der Waals surface area contributed by atoms with Gasteiger partial charge in [0.25, 0.3) is 0 Å². The number of rotatable bonds is 3. The largest absolute Gasteiger partial charge is 0.491 e. The highest BCUT2D eigenvalue weighted by molar-refractivity contribution is 5.56. The Morgan fingerprint density at radius 1 is 1.11 bits per heavy atom. The molecule has 4 nitrogen and oxygen atoms in total. The normalized spacial score (nSPS) is 14.5. The second-order valence-electron chi connectivity index (χ2n) is 5.24. The first-order valence-electron chi connectivity index (χ1n) is 6.93. The smallest absolute Gasteiger partial charge is 0.163 e. The molecule has 0 atom stereocenters. The average molecular weight is 257 g/mol. The average Bonchev–Trinajstić information content (AvgIpc) is 2.83. The molecule has 0 unspecified atom stereocenters. The van der Waals surface area contributed by atoms with Crippen LogP contribution in [0.15, 0.2) is 24.3 Å². The van der Waals surface area contributed by atoms with Gasteiger partial charge in [-0.2, -0.15) is 0 Å². The molecule has 0 aliphatic carbocycles. The van der Waals surface area contributed by atoms with Crippen molar-refractivity contribution < 1.29 is 4.74 Å². The molecule has 0 bridgehead atoms. The van der Waals surface area contributed by atoms with E-state index < -0.39 is 0 Å². The van der Waals surface area contributed by atoms with Gasteiger partial charge in [-0.1, -0.05) is 0 Å². The summed E-state index contributed by atoms with van der Waals surface area (Å²) in [6.45, 7) is 5.09. The van der Waals surface area contributed by atoms with Crippen LogP contribution in [0.2, 0.25) is 0 Å². The SMILES string of the molecule is CC(C)Oc1ccc(-c2nnc3n2CCCC3)cc1. The first kappa shape index (κ1) is 12.2. The van der Waals surface area contributed by atoms with Crippen LogP contribution < -0.4 is 4.74 Å². The molecule has 100 valence electrons. The van der Waals surface area contributed by atoms with Crippen molar-refractivity contribution in [2.75, 3.05) is 0 Å². The van der Waals surface area contributed by atoms with Crippen LogP contribution in [-0.2, 0) is 13.0 Å². The van der Waals surface area contributed by atoms with Gasteiger partial charge in [0, 0.05) is 18.5 Å². The number of ether oxygens (including phenoxy) is 1. The van der Waals surface area contributed by atoms with Crippen molar-refractivity contribution in [3.05, 3.63) is 30.1 Å². The summed E-state index contributed by atoms with van der Waals surface area (Å²) in [7, 11) is 0. The third-order valence-electron chi connectivity index (χ3n) is 3.34. The molecule has 0 saturated carbocycles. The fourth-order valence-corrected chi connectivity index (χ4v) is 2.48. The van der Waals surface area contributed by atoms with Gasteiger partial charge in [-0.3, -0.25) is 0 Å². The van der Waals surface area contributed by atoms with E-state index in [4.69, 9.17) is 4.74 Å². The van der Waals surface area contributed by atoms with Gasteiger partial charge in [-0.25, -0.2) is 0 Å². The third-order valence-corrected chi connectivity index (χ3v) is 3.34. The van der Waals surface area contributed by atoms with Gasteiger partial charge in [0.2, 0.25) is 0 Å². The van der Waals surface area contributed by atoms with Crippen molar-refractivity contribution in [3.8, 4) is 17.1 Å². The number of benzene rings is 1. The lowest BCUT2D eigenvalue weighted by molar-refractivity contribution is 0.242. The molecule has 2 aromatic rings. The van der Waals surface area contributed by atoms with Crippen LogP contribution in [0.5, 0.6) is 5.75 Å². The minimum Gasteiger partial charge on any atom is -0.491 e. The van der Waals surface area contributed by atoms with E-state index in [-0.39, 0.29) is 6.10 Å². The Balaban J connectivity index is 1.88. The lowest BCUT2D eigenvalue weighted by Gasteiger charge is -2.15. The highest BCUT2D eigenvalue weighted by Crippen LogP contribution is 2.25. The molecular formula is C15H19N3O. The summed E-state index contributed by atoms with van der Waals surface area (Å²) in [5.74, 6) is 2.99. The van der Waals surface area contributed by atoms with Gasteiger partial charge >= 0.3 is 0 Å². The molecule has 19 heavy (non-hydrogen) atoms. The summed E-state index contributed by atoms with van der Waals surface area (Å²) in [5.41, 5.74) is 1.11. The topological polar surface area (TPSA) is 39.9 Å². The molecule has 1 aromatic heterocycles. The number of nitrogens with zero attached hydrogens (tertiary/aromatic N) is 3. The Kier molecular flexibility index (Phi) is 3.23. The van der Waals surface area contributed by atoms with E-state index in [9.17, 15) is 0 Å². The van der Waals surface area contributed by atoms with Crippen molar-refractivity contribution in [1.82, 2.24) is 14.8 Å². The molecule has 1 aliphatic rings. The van der Waals surface area contributed by atoms with Gasteiger partial charge in [-0.05, 0) is 51.0 Å². The standard InChI is InChI=1S/C15H19N3O/c1-11(2)19-13-8-6-12(7-9-13)15-17-16-14-5-3-4-10-18(14)15/h6-9,11H,3-5,10H2,1-2H3. The Bertz CT molecular complexity index is 557. The first-order valence-corrected chi connectivity index (χ1v) is 6.93. The predicted molar refractivity (Wildman–Crippen MR) is 74.2 cm³/mol. The van der Waals surface area contributed by atoms with Gasteiger partial charge < -0.3 is 9.30 Å². The van der Waals surface area contributed by atoms with E-state index in [1.165, 1.54) is 12.8 Å². The summed E-state index contributed by atoms with van der Waals surface area (Å²) in [6.07, 6.45) is 3.68. The molecule has 0 amide bonds. The van der Waals surface area contributed by atoms with Crippen LogP contribution in [0, 0.1) is 0 Å². The lowest BCUT2D eigenvalue weighted by Crippen LogP contribution is -2.11. The van der Waals surface area contributed by atoms with Gasteiger partial charge in [-0.15, -0.1) is 10.2 Å². The summed E-state index contributed by atoms with van der Waals surface area (Å²) in [5, 5.41) is 8.62. The molecule has 4 heteroatoms. The van der Waals surface area contributed by atoms with Crippen LogP contribution in [0.3, 0.4) is 0 Å². The monoisotopic (exact) mass is 257 g/mol. The van der Waals surface area contributed by atoms with E-state index in [1.807, 2.05) is 26.0 Å². The second-order valence-corrected chi connectivity index (χ2v) is 5.24. The molecule has 0 N–H and O–H groups in total. The molecule has 0 fully saturated rings. The number of aromatic nitrogens is 3. The van der Waals surface area contributed by atoms with Gasteiger partial charge in [0.05, 0.1) is 6.10 Å². The molecule has 0 saturated heterocycles. The lowest BCUT2D eigenvalue weighted by atomic mass is 10.1. The van der Waals surface area contributed by atoms with Crippen LogP contribution in [0.4, 0.5) is 0 Å². The first-order chi connectivity index (χ1) is 9.24. The highest BCUT2D eigenvalue weighted by atomic mass is 16.5. The maximum Gasteiger partial charge on any atom is 0.163 e. The summed E-state index contributed by atoms with van der Waals surface area (Å²) >= 11 is 0. The highest BCUT2D eigenvalue weighted by Gasteiger charge is 2.16. The van der Waals surface area contributed by atoms with Crippen LogP contribution in [0.1, 0.15) is 32.5 Å². The molecular weight excluding hydrogens is 238 g/mol. The molecule has 0 radical (unpaired) electrons. The van der Waals surface area contributed by atoms with Crippen molar-refractivity contribution in [2.24, 2.45) is 0 Å². The molecule has 1 aliphatic heterocycles. The Morgan fingerprint density at radius 3 is 2.63 bits per heavy atom. The third kappa shape index (κ3) is 2.48. The Morgan fingerprint density at radius 2 is 1.89 bits per heavy atom. The van der Waals surface area contributed by atoms with Crippen molar-refractivity contribution in [1.29, 1.82) is 0 Å². The minimum absolute atomic E-state index is 0.201. The van der Waals surface area contributed by atoms with E-state index in [2.05, 4.69) is 26.9 Å². The van der Waals surface area contributed by atoms with Crippen molar-refractivity contribution >= 4 is 0 Å². The van der Waals surface area contributed by atoms with E-state index in [0.717, 1.165) is 35.9 Å². The summed E-state index contributed by atoms with van der Waals surface area (Å²) < 4.78 is 7.89. The van der Waals surface area contributed by atoms with Crippen LogP contribution in [-0.4, -0.2) is 20.9 Å². The number of fused-ring (bicyclic) bond motifs is 1. The van der Waals surface area contributed by atoms with E-state index in [1.54, 1.807) is 0 Å². The van der Waals surface area contributed by atoms with Gasteiger partial charge in [0.1, 0.15) is 11.6 Å². The molecule has 3 rings (SSSR count). The number of hydrogen-bond donors (Lipinski definition) is 0. The maximum absolute atomic E-state index is 5.66. The quantitative estimate of drug-likeness (QED) is 0.848. The fourth-order valence-electron chi connectivity index (χ4n) is 2.48. The number of hydrogen-bond acceptors (Lipinski definition) is 3. The summed E-state index contributed by atoms with van der Waals surface area (Å²) in [4.78, 5) is 0. The van der Waals surface area contributed by atoms with Crippen molar-refractivity contribution in [2.45, 2.75) is 45.8 Å². The molecule has 1 aromatic carbocycles. The fraction of sp³-hybridized carbons (Fsp3) is 0.467. The zero-order chi connectivity index (χ0) is 13.2. The number of aryl methyl sites for hydroxylation is 1. The van der Waals surface area contributed by atoms with E-state index in [0.29, 0.717) is 0 Å². The second kappa shape index (κ2) is 5.03. The molecule has 0 spiro atoms. The van der Waals surface area contributed by atoms with Crippen LogP contribution in [0.25, 0.3) is 11.4 Å². The zero-order valence-electron chi connectivity index (χ0n) is 11.5. The maximum atomic E-state index is 5.66. The summed E-state index contributed by atoms with van der Waals surface area (Å²) in [6, 6.07) is 8.12. The van der Waals surface area contributed by atoms with Gasteiger partial charge in [0.15, 0.2) is 5.82 Å². The zero-order valence-corrected chi connectivity index (χ0v) is 11.5. The Labute approximate surface area is 113 Å². The van der Waals surface area contributed by atoms with Crippen molar-refractivity contribution in [3.63, 3.8) is 0 Å². The molecule has 2 heterocycles. The predicted octanol–water partition coefficient (Wildman–Crippen LogP) is 3.07. The van der Waals surface area contributed by atoms with E-state index >= 15 is 0 Å². The Hall–Kier alpha value is -1.84. The minimum atomic E-state index is 0.201.